The van der Waals surface area contributed by atoms with Crippen molar-refractivity contribution in [2.24, 2.45) is 12.8 Å². The molecule has 24 heavy (non-hydrogen) atoms. The van der Waals surface area contributed by atoms with Crippen molar-refractivity contribution < 1.29 is 27.4 Å². The topological polar surface area (TPSA) is 92.3 Å². The van der Waals surface area contributed by atoms with E-state index in [1.807, 2.05) is 0 Å². The van der Waals surface area contributed by atoms with Crippen LogP contribution in [-0.2, 0) is 18.4 Å². The lowest BCUT2D eigenvalue weighted by atomic mass is 10.2. The number of aromatic nitrogens is 3. The molecular weight excluding hydrogens is 376 g/mol. The van der Waals surface area contributed by atoms with Crippen molar-refractivity contribution in [2.75, 3.05) is 0 Å². The molecule has 0 aliphatic carbocycles. The molecule has 0 unspecified atom stereocenters. The van der Waals surface area contributed by atoms with Crippen LogP contribution in [0.1, 0.15) is 5.69 Å². The van der Waals surface area contributed by atoms with Crippen LogP contribution in [0.15, 0.2) is 6.07 Å². The van der Waals surface area contributed by atoms with Gasteiger partial charge in [-0.05, 0) is 6.07 Å². The second-order valence-electron chi connectivity index (χ2n) is 4.32. The fourth-order valence-electron chi connectivity index (χ4n) is 1.76. The Labute approximate surface area is 143 Å². The van der Waals surface area contributed by atoms with Crippen molar-refractivity contribution in [3.8, 4) is 17.3 Å². The molecule has 1 amide bonds. The van der Waals surface area contributed by atoms with Gasteiger partial charge in [0.05, 0.1) is 10.7 Å². The zero-order chi connectivity index (χ0) is 18.0. The minimum Gasteiger partial charge on any atom is -0.443 e. The maximum absolute atomic E-state index is 14.1. The fraction of sp³-hybridized carbons (Fsp3) is 0.250. The Kier molecular flexibility index (Phi) is 5.40. The van der Waals surface area contributed by atoms with Crippen molar-refractivity contribution in [1.29, 1.82) is 0 Å². The summed E-state index contributed by atoms with van der Waals surface area (Å²) in [5.74, 6) is -1.38. The Morgan fingerprint density at radius 1 is 1.42 bits per heavy atom. The highest BCUT2D eigenvalue weighted by Gasteiger charge is 2.24. The van der Waals surface area contributed by atoms with E-state index in [0.717, 1.165) is 10.7 Å². The predicted molar refractivity (Wildman–Crippen MR) is 77.4 cm³/mol. The minimum atomic E-state index is -3.15. The second kappa shape index (κ2) is 7.14. The standard InChI is InChI=1S/C12H9Cl2F3N4O3/c1-21-10(24-11(16)17)7(14)9(20-21)8-5(15)2-4(13)6(19-8)3-23-12(18)22/h2,11H,3H2,1H3,(H2,18,22). The Bertz CT molecular complexity index is 785. The van der Waals surface area contributed by atoms with E-state index in [0.29, 0.717) is 0 Å². The number of alkyl halides is 2. The van der Waals surface area contributed by atoms with Crippen LogP contribution in [0.2, 0.25) is 10.0 Å². The summed E-state index contributed by atoms with van der Waals surface area (Å²) < 4.78 is 48.5. The van der Waals surface area contributed by atoms with Gasteiger partial charge in [0, 0.05) is 7.05 Å². The third-order valence-corrected chi connectivity index (χ3v) is 3.39. The van der Waals surface area contributed by atoms with Crippen LogP contribution in [0.5, 0.6) is 5.88 Å². The van der Waals surface area contributed by atoms with Crippen LogP contribution in [0.4, 0.5) is 18.0 Å². The fourth-order valence-corrected chi connectivity index (χ4v) is 2.24. The number of amides is 1. The number of nitrogens with two attached hydrogens (primary N) is 1. The number of pyridine rings is 1. The summed E-state index contributed by atoms with van der Waals surface area (Å²) in [6.07, 6.45) is -1.08. The molecule has 0 aliphatic heterocycles. The number of nitrogens with zero attached hydrogens (tertiary/aromatic N) is 3. The number of ether oxygens (including phenoxy) is 2. The molecular formula is C12H9Cl2F3N4O3. The molecule has 0 fully saturated rings. The van der Waals surface area contributed by atoms with Crippen molar-refractivity contribution >= 4 is 29.3 Å². The number of primary amides is 1. The number of halogens is 5. The molecule has 0 atom stereocenters. The van der Waals surface area contributed by atoms with Gasteiger partial charge in [-0.15, -0.1) is 0 Å². The number of hydrogen-bond donors (Lipinski definition) is 1. The molecule has 0 aromatic carbocycles. The molecule has 2 rings (SSSR count). The molecule has 2 N–H and O–H groups in total. The maximum Gasteiger partial charge on any atom is 0.404 e. The zero-order valence-electron chi connectivity index (χ0n) is 11.9. The molecule has 12 heteroatoms. The highest BCUT2D eigenvalue weighted by atomic mass is 35.5. The van der Waals surface area contributed by atoms with Gasteiger partial charge in [-0.3, -0.25) is 0 Å². The van der Waals surface area contributed by atoms with Gasteiger partial charge < -0.3 is 15.2 Å². The minimum absolute atomic E-state index is 0.0232. The normalized spacial score (nSPS) is 11.0. The highest BCUT2D eigenvalue weighted by molar-refractivity contribution is 6.34. The van der Waals surface area contributed by atoms with E-state index < -0.39 is 31.0 Å². The van der Waals surface area contributed by atoms with Crippen molar-refractivity contribution in [3.05, 3.63) is 27.6 Å². The van der Waals surface area contributed by atoms with Crippen molar-refractivity contribution in [3.63, 3.8) is 0 Å². The lowest BCUT2D eigenvalue weighted by Crippen LogP contribution is -2.13. The first-order valence-electron chi connectivity index (χ1n) is 6.15. The van der Waals surface area contributed by atoms with Gasteiger partial charge >= 0.3 is 12.7 Å². The Balaban J connectivity index is 2.48. The smallest absolute Gasteiger partial charge is 0.404 e. The summed E-state index contributed by atoms with van der Waals surface area (Å²) in [4.78, 5) is 14.5. The molecule has 2 aromatic rings. The van der Waals surface area contributed by atoms with E-state index in [4.69, 9.17) is 28.9 Å². The molecule has 2 heterocycles. The van der Waals surface area contributed by atoms with Gasteiger partial charge in [0.2, 0.25) is 5.88 Å². The molecule has 130 valence electrons. The average Bonchev–Trinajstić information content (AvgIpc) is 2.74. The van der Waals surface area contributed by atoms with Crippen LogP contribution < -0.4 is 10.5 Å². The van der Waals surface area contributed by atoms with Crippen LogP contribution in [0, 0.1) is 5.82 Å². The van der Waals surface area contributed by atoms with Gasteiger partial charge in [-0.25, -0.2) is 18.9 Å². The van der Waals surface area contributed by atoms with Crippen LogP contribution in [-0.4, -0.2) is 27.5 Å². The Hall–Kier alpha value is -2.20. The largest absolute Gasteiger partial charge is 0.443 e. The molecule has 0 spiro atoms. The maximum atomic E-state index is 14.1. The lowest BCUT2D eigenvalue weighted by molar-refractivity contribution is -0.0552. The number of carbonyl (C=O) groups excluding carboxylic acids is 1. The number of carbonyl (C=O) groups is 1. The van der Waals surface area contributed by atoms with Gasteiger partial charge in [0.15, 0.2) is 5.82 Å². The number of aryl methyl sites for hydroxylation is 1. The Morgan fingerprint density at radius 2 is 2.08 bits per heavy atom. The summed E-state index contributed by atoms with van der Waals surface area (Å²) in [5, 5.41) is 3.31. The van der Waals surface area contributed by atoms with E-state index in [9.17, 15) is 18.0 Å². The van der Waals surface area contributed by atoms with E-state index in [2.05, 4.69) is 19.6 Å². The van der Waals surface area contributed by atoms with E-state index in [-0.39, 0.29) is 27.1 Å². The lowest BCUT2D eigenvalue weighted by Gasteiger charge is -2.07. The van der Waals surface area contributed by atoms with Gasteiger partial charge in [-0.2, -0.15) is 13.9 Å². The van der Waals surface area contributed by atoms with Crippen LogP contribution in [0.25, 0.3) is 11.4 Å². The zero-order valence-corrected chi connectivity index (χ0v) is 13.4. The van der Waals surface area contributed by atoms with Crippen molar-refractivity contribution in [1.82, 2.24) is 14.8 Å². The monoisotopic (exact) mass is 384 g/mol. The molecule has 0 saturated heterocycles. The summed E-state index contributed by atoms with van der Waals surface area (Å²) >= 11 is 11.7. The molecule has 0 radical (unpaired) electrons. The van der Waals surface area contributed by atoms with Gasteiger partial charge in [-0.1, -0.05) is 23.2 Å². The predicted octanol–water partition coefficient (Wildman–Crippen LogP) is 3.12. The first kappa shape index (κ1) is 18.1. The molecule has 0 bridgehead atoms. The first-order valence-corrected chi connectivity index (χ1v) is 6.91. The quantitative estimate of drug-likeness (QED) is 0.854. The number of rotatable bonds is 5. The summed E-state index contributed by atoms with van der Waals surface area (Å²) in [5.41, 5.74) is 4.18. The second-order valence-corrected chi connectivity index (χ2v) is 5.11. The van der Waals surface area contributed by atoms with E-state index in [1.165, 1.54) is 7.05 Å². The van der Waals surface area contributed by atoms with Crippen LogP contribution >= 0.6 is 23.2 Å². The number of hydrogen-bond acceptors (Lipinski definition) is 5. The van der Waals surface area contributed by atoms with Gasteiger partial charge in [0.1, 0.15) is 23.0 Å². The summed E-state index contributed by atoms with van der Waals surface area (Å²) in [7, 11) is 1.28. The summed E-state index contributed by atoms with van der Waals surface area (Å²) in [6, 6.07) is 0.891. The van der Waals surface area contributed by atoms with E-state index in [1.54, 1.807) is 0 Å². The van der Waals surface area contributed by atoms with Crippen LogP contribution in [0.3, 0.4) is 0 Å². The summed E-state index contributed by atoms with van der Waals surface area (Å²) in [6.45, 7) is -3.57. The molecule has 2 aromatic heterocycles. The Morgan fingerprint density at radius 3 is 2.67 bits per heavy atom. The third kappa shape index (κ3) is 3.82. The molecule has 0 saturated carbocycles. The first-order chi connectivity index (χ1) is 11.2. The third-order valence-electron chi connectivity index (χ3n) is 2.72. The van der Waals surface area contributed by atoms with E-state index >= 15 is 0 Å². The van der Waals surface area contributed by atoms with Crippen molar-refractivity contribution in [2.45, 2.75) is 13.2 Å². The van der Waals surface area contributed by atoms with Gasteiger partial charge in [0.25, 0.3) is 0 Å². The average molecular weight is 385 g/mol. The highest BCUT2D eigenvalue weighted by Crippen LogP contribution is 2.36. The molecule has 7 nitrogen and oxygen atoms in total. The molecule has 0 aliphatic rings. The SMILES string of the molecule is Cn1nc(-c2nc(COC(N)=O)c(Cl)cc2F)c(Cl)c1OC(F)F.